The molecule has 1 aliphatic carbocycles. The zero-order valence-corrected chi connectivity index (χ0v) is 19.4. The molecule has 10 nitrogen and oxygen atoms in total. The van der Waals surface area contributed by atoms with Crippen LogP contribution in [0.2, 0.25) is 0 Å². The van der Waals surface area contributed by atoms with Crippen molar-refractivity contribution in [3.63, 3.8) is 0 Å². The van der Waals surface area contributed by atoms with Crippen molar-refractivity contribution < 1.29 is 17.9 Å². The fourth-order valence-electron chi connectivity index (χ4n) is 4.52. The van der Waals surface area contributed by atoms with E-state index < -0.39 is 15.1 Å². The molecule has 1 saturated carbocycles. The van der Waals surface area contributed by atoms with Gasteiger partial charge in [0.1, 0.15) is 11.3 Å². The highest BCUT2D eigenvalue weighted by Gasteiger charge is 2.33. The van der Waals surface area contributed by atoms with Gasteiger partial charge in [-0.25, -0.2) is 13.4 Å². The summed E-state index contributed by atoms with van der Waals surface area (Å²) in [6, 6.07) is 5.82. The van der Waals surface area contributed by atoms with Crippen LogP contribution < -0.4 is 15.0 Å². The minimum Gasteiger partial charge on any atom is -0.494 e. The second kappa shape index (κ2) is 9.14. The summed E-state index contributed by atoms with van der Waals surface area (Å²) in [4.78, 5) is 18.2. The van der Waals surface area contributed by atoms with E-state index in [2.05, 4.69) is 30.2 Å². The van der Waals surface area contributed by atoms with Gasteiger partial charge < -0.3 is 24.7 Å². The van der Waals surface area contributed by atoms with Gasteiger partial charge in [0.05, 0.1) is 37.6 Å². The highest BCUT2D eigenvalue weighted by Crippen LogP contribution is 2.34. The standard InChI is InChI=1S/C22H28N6O4S/c1-31-18-13-15(28-9-11-32-12-10-28)7-8-17(18)25-22-26-20-19(23-14-24-20)21(27-22)33(29,30)16-5-3-2-4-6-16/h7-8,13-14,16H,2-6,9-12H2,1H3,(H2,23,24,25,26,27). The summed E-state index contributed by atoms with van der Waals surface area (Å²) >= 11 is 0. The summed E-state index contributed by atoms with van der Waals surface area (Å²) in [6.07, 6.45) is 5.66. The molecule has 3 aromatic rings. The van der Waals surface area contributed by atoms with Gasteiger partial charge in [-0.15, -0.1) is 0 Å². The number of ether oxygens (including phenoxy) is 2. The van der Waals surface area contributed by atoms with E-state index >= 15 is 0 Å². The Morgan fingerprint density at radius 1 is 1.15 bits per heavy atom. The number of rotatable bonds is 6. The number of benzene rings is 1. The van der Waals surface area contributed by atoms with Crippen LogP contribution in [-0.2, 0) is 14.6 Å². The molecule has 0 atom stereocenters. The molecule has 0 unspecified atom stereocenters. The van der Waals surface area contributed by atoms with E-state index in [4.69, 9.17) is 9.47 Å². The molecule has 1 saturated heterocycles. The van der Waals surface area contributed by atoms with Crippen molar-refractivity contribution in [2.75, 3.05) is 43.6 Å². The molecule has 3 heterocycles. The van der Waals surface area contributed by atoms with E-state index in [1.807, 2.05) is 18.2 Å². The number of fused-ring (bicyclic) bond motifs is 1. The first-order valence-corrected chi connectivity index (χ1v) is 12.8. The minimum atomic E-state index is -3.62. The van der Waals surface area contributed by atoms with Crippen LogP contribution in [0.25, 0.3) is 11.2 Å². The quantitative estimate of drug-likeness (QED) is 0.521. The molecule has 2 aromatic heterocycles. The fourth-order valence-corrected chi connectivity index (χ4v) is 6.44. The van der Waals surface area contributed by atoms with Crippen LogP contribution in [0.1, 0.15) is 32.1 Å². The summed E-state index contributed by atoms with van der Waals surface area (Å²) in [7, 11) is -2.02. The van der Waals surface area contributed by atoms with Gasteiger partial charge in [0.2, 0.25) is 15.8 Å². The van der Waals surface area contributed by atoms with E-state index in [1.165, 1.54) is 6.33 Å². The van der Waals surface area contributed by atoms with Gasteiger partial charge >= 0.3 is 0 Å². The summed E-state index contributed by atoms with van der Waals surface area (Å²) in [5, 5.41) is 2.72. The SMILES string of the molecule is COc1cc(N2CCOCC2)ccc1Nc1nc(S(=O)(=O)C2CCCCC2)c2[nH]cnc2n1. The number of methoxy groups -OCH3 is 1. The maximum Gasteiger partial charge on any atom is 0.230 e. The summed E-state index contributed by atoms with van der Waals surface area (Å²) < 4.78 is 37.9. The van der Waals surface area contributed by atoms with Crippen molar-refractivity contribution in [1.29, 1.82) is 0 Å². The fraction of sp³-hybridized carbons (Fsp3) is 0.500. The first-order valence-electron chi connectivity index (χ1n) is 11.3. The van der Waals surface area contributed by atoms with E-state index in [1.54, 1.807) is 7.11 Å². The lowest BCUT2D eigenvalue weighted by atomic mass is 10.0. The van der Waals surface area contributed by atoms with Crippen LogP contribution in [0.15, 0.2) is 29.6 Å². The molecule has 1 aliphatic heterocycles. The maximum atomic E-state index is 13.4. The lowest BCUT2D eigenvalue weighted by Crippen LogP contribution is -2.36. The second-order valence-corrected chi connectivity index (χ2v) is 10.5. The highest BCUT2D eigenvalue weighted by molar-refractivity contribution is 7.92. The van der Waals surface area contributed by atoms with Crippen LogP contribution in [-0.4, -0.2) is 67.0 Å². The first kappa shape index (κ1) is 21.9. The third-order valence-electron chi connectivity index (χ3n) is 6.32. The summed E-state index contributed by atoms with van der Waals surface area (Å²) in [6.45, 7) is 3.02. The molecular weight excluding hydrogens is 444 g/mol. The molecule has 2 fully saturated rings. The zero-order valence-electron chi connectivity index (χ0n) is 18.6. The number of imidazole rings is 1. The number of hydrogen-bond donors (Lipinski definition) is 2. The Labute approximate surface area is 192 Å². The van der Waals surface area contributed by atoms with Crippen molar-refractivity contribution in [1.82, 2.24) is 19.9 Å². The Morgan fingerprint density at radius 3 is 2.70 bits per heavy atom. The monoisotopic (exact) mass is 472 g/mol. The number of nitrogens with one attached hydrogen (secondary N) is 2. The largest absolute Gasteiger partial charge is 0.494 e. The van der Waals surface area contributed by atoms with Crippen LogP contribution in [0, 0.1) is 0 Å². The molecule has 0 bridgehead atoms. The maximum absolute atomic E-state index is 13.4. The van der Waals surface area contributed by atoms with Gasteiger partial charge in [0.15, 0.2) is 10.7 Å². The van der Waals surface area contributed by atoms with Crippen LogP contribution in [0.4, 0.5) is 17.3 Å². The smallest absolute Gasteiger partial charge is 0.230 e. The number of aromatic amines is 1. The number of H-pyrrole nitrogens is 1. The van der Waals surface area contributed by atoms with Gasteiger partial charge in [-0.3, -0.25) is 0 Å². The van der Waals surface area contributed by atoms with E-state index in [0.717, 1.165) is 38.0 Å². The van der Waals surface area contributed by atoms with Crippen molar-refractivity contribution in [2.45, 2.75) is 42.4 Å². The Kier molecular flexibility index (Phi) is 6.07. The van der Waals surface area contributed by atoms with Crippen LogP contribution in [0.3, 0.4) is 0 Å². The number of aromatic nitrogens is 4. The van der Waals surface area contributed by atoms with Gasteiger partial charge in [0, 0.05) is 24.8 Å². The second-order valence-electron chi connectivity index (χ2n) is 8.37. The topological polar surface area (TPSA) is 122 Å². The average Bonchev–Trinajstić information content (AvgIpc) is 3.33. The Hall–Kier alpha value is -2.92. The Bertz CT molecular complexity index is 1230. The van der Waals surface area contributed by atoms with E-state index in [-0.39, 0.29) is 11.0 Å². The number of morpholine rings is 1. The van der Waals surface area contributed by atoms with Gasteiger partial charge in [-0.05, 0) is 25.0 Å². The third kappa shape index (κ3) is 4.34. The predicted molar refractivity (Wildman–Crippen MR) is 125 cm³/mol. The highest BCUT2D eigenvalue weighted by atomic mass is 32.2. The third-order valence-corrected chi connectivity index (χ3v) is 8.50. The average molecular weight is 473 g/mol. The van der Waals surface area contributed by atoms with Crippen molar-refractivity contribution in [3.05, 3.63) is 24.5 Å². The van der Waals surface area contributed by atoms with E-state index in [9.17, 15) is 8.42 Å². The van der Waals surface area contributed by atoms with Crippen LogP contribution in [0.5, 0.6) is 5.75 Å². The van der Waals surface area contributed by atoms with Gasteiger partial charge in [0.25, 0.3) is 0 Å². The zero-order chi connectivity index (χ0) is 22.8. The normalized spacial score (nSPS) is 17.9. The molecule has 11 heteroatoms. The molecule has 176 valence electrons. The lowest BCUT2D eigenvalue weighted by molar-refractivity contribution is 0.122. The van der Waals surface area contributed by atoms with Gasteiger partial charge in [-0.1, -0.05) is 19.3 Å². The number of hydrogen-bond acceptors (Lipinski definition) is 9. The molecule has 2 aliphatic rings. The number of sulfone groups is 1. The molecule has 5 rings (SSSR count). The van der Waals surface area contributed by atoms with E-state index in [0.29, 0.717) is 48.7 Å². The van der Waals surface area contributed by atoms with Crippen molar-refractivity contribution in [2.24, 2.45) is 0 Å². The first-order chi connectivity index (χ1) is 16.1. The molecule has 33 heavy (non-hydrogen) atoms. The summed E-state index contributed by atoms with van der Waals surface area (Å²) in [5.74, 6) is 0.780. The molecule has 0 spiro atoms. The molecule has 1 aromatic carbocycles. The molecule has 2 N–H and O–H groups in total. The van der Waals surface area contributed by atoms with Crippen LogP contribution >= 0.6 is 0 Å². The number of anilines is 3. The number of nitrogens with zero attached hydrogens (tertiary/aromatic N) is 4. The predicted octanol–water partition coefficient (Wildman–Crippen LogP) is 3.05. The lowest BCUT2D eigenvalue weighted by Gasteiger charge is -2.29. The van der Waals surface area contributed by atoms with Crippen molar-refractivity contribution in [3.8, 4) is 5.75 Å². The summed E-state index contributed by atoms with van der Waals surface area (Å²) in [5.41, 5.74) is 2.34. The minimum absolute atomic E-state index is 0.00306. The Morgan fingerprint density at radius 2 is 1.94 bits per heavy atom. The van der Waals surface area contributed by atoms with Crippen molar-refractivity contribution >= 4 is 38.3 Å². The van der Waals surface area contributed by atoms with Gasteiger partial charge in [-0.2, -0.15) is 9.97 Å². The molecule has 0 radical (unpaired) electrons. The molecular formula is C22H28N6O4S. The molecule has 0 amide bonds. The Balaban J connectivity index is 1.48.